The van der Waals surface area contributed by atoms with Crippen LogP contribution in [0.5, 0.6) is 0 Å². The van der Waals surface area contributed by atoms with Crippen molar-refractivity contribution in [3.05, 3.63) is 40.9 Å². The highest BCUT2D eigenvalue weighted by Crippen LogP contribution is 2.36. The van der Waals surface area contributed by atoms with E-state index in [4.69, 9.17) is 11.6 Å². The van der Waals surface area contributed by atoms with Crippen LogP contribution in [0, 0.1) is 5.92 Å². The van der Waals surface area contributed by atoms with Crippen LogP contribution >= 0.6 is 11.6 Å². The Balaban J connectivity index is 2.04. The van der Waals surface area contributed by atoms with E-state index in [2.05, 4.69) is 5.32 Å². The first-order valence-corrected chi connectivity index (χ1v) is 7.52. The molecule has 5 heteroatoms. The Bertz CT molecular complexity index is 622. The van der Waals surface area contributed by atoms with Crippen LogP contribution in [0.1, 0.15) is 30.1 Å². The SMILES string of the molecule is C/C(=C/Cl)CN1C(=O)C(C2CC2)NC(=O)c2ccccc21. The number of nitrogens with one attached hydrogen (secondary N) is 1. The molecule has 2 amide bonds. The second kappa shape index (κ2) is 5.53. The lowest BCUT2D eigenvalue weighted by Crippen LogP contribution is -2.47. The summed E-state index contributed by atoms with van der Waals surface area (Å²) in [5, 5.41) is 2.89. The first-order chi connectivity index (χ1) is 10.1. The Hall–Kier alpha value is -1.81. The van der Waals surface area contributed by atoms with Crippen molar-refractivity contribution in [2.45, 2.75) is 25.8 Å². The van der Waals surface area contributed by atoms with E-state index in [1.807, 2.05) is 25.1 Å². The molecule has 1 saturated carbocycles. The van der Waals surface area contributed by atoms with Crippen molar-refractivity contribution < 1.29 is 9.59 Å². The van der Waals surface area contributed by atoms with Gasteiger partial charge in [0.25, 0.3) is 5.91 Å². The van der Waals surface area contributed by atoms with Crippen molar-refractivity contribution in [2.75, 3.05) is 11.4 Å². The van der Waals surface area contributed by atoms with Crippen LogP contribution < -0.4 is 10.2 Å². The van der Waals surface area contributed by atoms with E-state index in [0.29, 0.717) is 17.8 Å². The molecule has 110 valence electrons. The first-order valence-electron chi connectivity index (χ1n) is 7.09. The minimum atomic E-state index is -0.423. The average molecular weight is 305 g/mol. The fraction of sp³-hybridized carbons (Fsp3) is 0.375. The Morgan fingerprint density at radius 2 is 2.10 bits per heavy atom. The van der Waals surface area contributed by atoms with Crippen LogP contribution in [0.25, 0.3) is 0 Å². The summed E-state index contributed by atoms with van der Waals surface area (Å²) in [6, 6.07) is 6.78. The van der Waals surface area contributed by atoms with Crippen molar-refractivity contribution in [3.63, 3.8) is 0 Å². The molecule has 21 heavy (non-hydrogen) atoms. The number of hydrogen-bond acceptors (Lipinski definition) is 2. The smallest absolute Gasteiger partial charge is 0.254 e. The van der Waals surface area contributed by atoms with E-state index in [1.165, 1.54) is 5.54 Å². The number of fused-ring (bicyclic) bond motifs is 1. The molecule has 0 aromatic heterocycles. The van der Waals surface area contributed by atoms with Gasteiger partial charge in [-0.1, -0.05) is 23.7 Å². The maximum atomic E-state index is 12.8. The topological polar surface area (TPSA) is 49.4 Å². The number of rotatable bonds is 3. The highest BCUT2D eigenvalue weighted by Gasteiger charge is 2.42. The fourth-order valence-electron chi connectivity index (χ4n) is 2.66. The number of halogens is 1. The molecule has 4 nitrogen and oxygen atoms in total. The lowest BCUT2D eigenvalue weighted by molar-refractivity contribution is -0.120. The van der Waals surface area contributed by atoms with Gasteiger partial charge in [-0.15, -0.1) is 0 Å². The van der Waals surface area contributed by atoms with Crippen molar-refractivity contribution in [2.24, 2.45) is 5.92 Å². The van der Waals surface area contributed by atoms with Crippen LogP contribution in [0.4, 0.5) is 5.69 Å². The quantitative estimate of drug-likeness (QED) is 0.933. The molecule has 1 aliphatic heterocycles. The lowest BCUT2D eigenvalue weighted by atomic mass is 10.1. The number of para-hydroxylation sites is 1. The second-order valence-corrected chi connectivity index (χ2v) is 5.90. The van der Waals surface area contributed by atoms with E-state index in [9.17, 15) is 9.59 Å². The second-order valence-electron chi connectivity index (χ2n) is 5.69. The summed E-state index contributed by atoms with van der Waals surface area (Å²) in [6.45, 7) is 2.27. The summed E-state index contributed by atoms with van der Waals surface area (Å²) in [4.78, 5) is 26.9. The Labute approximate surface area is 128 Å². The molecular formula is C16H17ClN2O2. The van der Waals surface area contributed by atoms with E-state index in [-0.39, 0.29) is 17.7 Å². The van der Waals surface area contributed by atoms with Gasteiger partial charge in [0.2, 0.25) is 5.91 Å². The van der Waals surface area contributed by atoms with Gasteiger partial charge in [0.1, 0.15) is 6.04 Å². The first kappa shape index (κ1) is 14.1. The average Bonchev–Trinajstić information content (AvgIpc) is 3.33. The van der Waals surface area contributed by atoms with E-state index in [0.717, 1.165) is 18.4 Å². The van der Waals surface area contributed by atoms with Gasteiger partial charge in [-0.25, -0.2) is 0 Å². The summed E-state index contributed by atoms with van der Waals surface area (Å²) < 4.78 is 0. The largest absolute Gasteiger partial charge is 0.340 e. The van der Waals surface area contributed by atoms with Gasteiger partial charge in [-0.2, -0.15) is 0 Å². The molecule has 1 fully saturated rings. The molecule has 3 rings (SSSR count). The third kappa shape index (κ3) is 2.68. The summed E-state index contributed by atoms with van der Waals surface area (Å²) in [5.74, 6) is 0.0399. The van der Waals surface area contributed by atoms with Crippen molar-refractivity contribution in [3.8, 4) is 0 Å². The zero-order valence-corrected chi connectivity index (χ0v) is 12.6. The van der Waals surface area contributed by atoms with Crippen LogP contribution in [0.15, 0.2) is 35.4 Å². The number of carbonyl (C=O) groups is 2. The molecular weight excluding hydrogens is 288 g/mol. The van der Waals surface area contributed by atoms with Crippen molar-refractivity contribution >= 4 is 29.1 Å². The standard InChI is InChI=1S/C16H17ClN2O2/c1-10(8-17)9-19-13-5-3-2-4-12(13)15(20)18-14(16(19)21)11-6-7-11/h2-5,8,11,14H,6-7,9H2,1H3,(H,18,20)/b10-8-. The van der Waals surface area contributed by atoms with Crippen LogP contribution in [-0.2, 0) is 4.79 Å². The Morgan fingerprint density at radius 3 is 2.76 bits per heavy atom. The van der Waals surface area contributed by atoms with Crippen LogP contribution in [0.3, 0.4) is 0 Å². The maximum absolute atomic E-state index is 12.8. The third-order valence-corrected chi connectivity index (χ3v) is 4.32. The number of carbonyl (C=O) groups excluding carboxylic acids is 2. The van der Waals surface area contributed by atoms with Gasteiger partial charge in [0, 0.05) is 12.1 Å². The molecule has 0 saturated heterocycles. The molecule has 1 aliphatic carbocycles. The molecule has 0 bridgehead atoms. The Kier molecular flexibility index (Phi) is 3.72. The van der Waals surface area contributed by atoms with Gasteiger partial charge < -0.3 is 10.2 Å². The summed E-state index contributed by atoms with van der Waals surface area (Å²) in [7, 11) is 0. The minimum Gasteiger partial charge on any atom is -0.340 e. The lowest BCUT2D eigenvalue weighted by Gasteiger charge is -2.25. The number of benzene rings is 1. The predicted octanol–water partition coefficient (Wildman–Crippen LogP) is 2.68. The highest BCUT2D eigenvalue weighted by atomic mass is 35.5. The molecule has 1 heterocycles. The summed E-state index contributed by atoms with van der Waals surface area (Å²) in [6.07, 6.45) is 1.98. The highest BCUT2D eigenvalue weighted by molar-refractivity contribution is 6.25. The van der Waals surface area contributed by atoms with Gasteiger partial charge in [0.15, 0.2) is 0 Å². The molecule has 2 aliphatic rings. The minimum absolute atomic E-state index is 0.0475. The van der Waals surface area contributed by atoms with Crippen molar-refractivity contribution in [1.29, 1.82) is 0 Å². The van der Waals surface area contributed by atoms with Gasteiger partial charge >= 0.3 is 0 Å². The number of anilines is 1. The van der Waals surface area contributed by atoms with Gasteiger partial charge in [0.05, 0.1) is 11.3 Å². The Morgan fingerprint density at radius 1 is 1.38 bits per heavy atom. The van der Waals surface area contributed by atoms with Crippen LogP contribution in [0.2, 0.25) is 0 Å². The fourth-order valence-corrected chi connectivity index (χ4v) is 2.73. The van der Waals surface area contributed by atoms with Gasteiger partial charge in [-0.3, -0.25) is 9.59 Å². The monoisotopic (exact) mass is 304 g/mol. The summed E-state index contributed by atoms with van der Waals surface area (Å²) >= 11 is 5.74. The zero-order valence-electron chi connectivity index (χ0n) is 11.8. The van der Waals surface area contributed by atoms with Crippen LogP contribution in [-0.4, -0.2) is 24.4 Å². The molecule has 0 radical (unpaired) electrons. The maximum Gasteiger partial charge on any atom is 0.254 e. The normalized spacial score (nSPS) is 22.7. The van der Waals surface area contributed by atoms with Gasteiger partial charge in [-0.05, 0) is 43.4 Å². The molecule has 1 unspecified atom stereocenters. The van der Waals surface area contributed by atoms with E-state index < -0.39 is 6.04 Å². The molecule has 1 N–H and O–H groups in total. The molecule has 1 aromatic rings. The molecule has 1 aromatic carbocycles. The summed E-state index contributed by atoms with van der Waals surface area (Å²) in [5.41, 5.74) is 3.54. The van der Waals surface area contributed by atoms with E-state index >= 15 is 0 Å². The van der Waals surface area contributed by atoms with E-state index in [1.54, 1.807) is 11.0 Å². The van der Waals surface area contributed by atoms with Crippen molar-refractivity contribution in [1.82, 2.24) is 5.32 Å². The molecule has 1 atom stereocenters. The predicted molar refractivity (Wildman–Crippen MR) is 82.4 cm³/mol. The molecule has 0 spiro atoms. The number of amides is 2. The third-order valence-electron chi connectivity index (χ3n) is 3.95. The number of hydrogen-bond donors (Lipinski definition) is 1. The number of nitrogens with zero attached hydrogens (tertiary/aromatic N) is 1. The zero-order chi connectivity index (χ0) is 15.0.